The second-order valence-corrected chi connectivity index (χ2v) is 11.1. The molecule has 33 heavy (non-hydrogen) atoms. The normalized spacial score (nSPS) is 12.2. The number of anilines is 1. The highest BCUT2D eigenvalue weighted by Crippen LogP contribution is 2.27. The van der Waals surface area contributed by atoms with Crippen molar-refractivity contribution in [3.8, 4) is 5.69 Å². The fraction of sp³-hybridized carbons (Fsp3) is 0.360. The van der Waals surface area contributed by atoms with Crippen molar-refractivity contribution in [2.75, 3.05) is 18.4 Å². The van der Waals surface area contributed by atoms with E-state index in [1.807, 2.05) is 44.2 Å². The van der Waals surface area contributed by atoms with Crippen LogP contribution in [0.3, 0.4) is 0 Å². The van der Waals surface area contributed by atoms with Crippen molar-refractivity contribution in [3.63, 3.8) is 0 Å². The first-order valence-electron chi connectivity index (χ1n) is 11.0. The maximum Gasteiger partial charge on any atom is 0.243 e. The number of amides is 1. The van der Waals surface area contributed by atoms with Crippen LogP contribution >= 0.6 is 0 Å². The lowest BCUT2D eigenvalue weighted by atomic mass is 9.92. The Labute approximate surface area is 196 Å². The molecule has 0 saturated carbocycles. The molecule has 3 rings (SSSR count). The molecule has 0 fully saturated rings. The van der Waals surface area contributed by atoms with E-state index in [4.69, 9.17) is 5.10 Å². The zero-order valence-electron chi connectivity index (χ0n) is 20.1. The first-order valence-corrected chi connectivity index (χ1v) is 12.4. The molecule has 0 unspecified atom stereocenters. The average Bonchev–Trinajstić information content (AvgIpc) is 3.16. The lowest BCUT2D eigenvalue weighted by Crippen LogP contribution is -2.38. The number of aromatic nitrogens is 2. The number of benzene rings is 2. The summed E-state index contributed by atoms with van der Waals surface area (Å²) in [6, 6.07) is 16.3. The smallest absolute Gasteiger partial charge is 0.243 e. The van der Waals surface area contributed by atoms with Gasteiger partial charge in [0.25, 0.3) is 0 Å². The minimum absolute atomic E-state index is 0.169. The van der Waals surface area contributed by atoms with Gasteiger partial charge in [-0.05, 0) is 43.7 Å². The lowest BCUT2D eigenvalue weighted by molar-refractivity contribution is -0.116. The van der Waals surface area contributed by atoms with Crippen LogP contribution in [-0.4, -0.2) is 41.5 Å². The van der Waals surface area contributed by atoms with Gasteiger partial charge in [0.1, 0.15) is 5.82 Å². The van der Waals surface area contributed by atoms with Crippen LogP contribution in [0.2, 0.25) is 0 Å². The van der Waals surface area contributed by atoms with Gasteiger partial charge in [0, 0.05) is 18.0 Å². The van der Waals surface area contributed by atoms with Crippen molar-refractivity contribution in [1.82, 2.24) is 14.1 Å². The van der Waals surface area contributed by atoms with Crippen molar-refractivity contribution >= 4 is 21.7 Å². The van der Waals surface area contributed by atoms with Crippen LogP contribution in [0.25, 0.3) is 5.69 Å². The Bertz CT molecular complexity index is 1240. The summed E-state index contributed by atoms with van der Waals surface area (Å²) in [7, 11) is -3.79. The van der Waals surface area contributed by atoms with Crippen LogP contribution in [0, 0.1) is 13.8 Å². The van der Waals surface area contributed by atoms with Crippen LogP contribution in [0.15, 0.2) is 59.5 Å². The zero-order valence-corrected chi connectivity index (χ0v) is 20.9. The van der Waals surface area contributed by atoms with E-state index in [0.717, 1.165) is 22.5 Å². The third-order valence-electron chi connectivity index (χ3n) is 5.32. The summed E-state index contributed by atoms with van der Waals surface area (Å²) in [6.45, 7) is 11.6. The second-order valence-electron chi connectivity index (χ2n) is 9.21. The molecule has 8 heteroatoms. The number of hydrogen-bond acceptors (Lipinski definition) is 4. The SMILES string of the molecule is CCN(CC(=O)Nc1cc(C(C)(C)C)nn1-c1cccc(C)c1)S(=O)(=O)c1ccc(C)cc1. The molecule has 0 aliphatic carbocycles. The van der Waals surface area contributed by atoms with E-state index in [1.165, 1.54) is 4.31 Å². The number of aryl methyl sites for hydroxylation is 2. The largest absolute Gasteiger partial charge is 0.309 e. The summed E-state index contributed by atoms with van der Waals surface area (Å²) in [5.74, 6) is 0.0705. The minimum atomic E-state index is -3.79. The fourth-order valence-corrected chi connectivity index (χ4v) is 4.77. The number of hydrogen-bond donors (Lipinski definition) is 1. The minimum Gasteiger partial charge on any atom is -0.309 e. The molecule has 2 aromatic carbocycles. The van der Waals surface area contributed by atoms with Gasteiger partial charge >= 0.3 is 0 Å². The van der Waals surface area contributed by atoms with E-state index in [1.54, 1.807) is 35.9 Å². The molecule has 0 aliphatic rings. The third-order valence-corrected chi connectivity index (χ3v) is 7.26. The monoisotopic (exact) mass is 468 g/mol. The van der Waals surface area contributed by atoms with Gasteiger partial charge in [-0.15, -0.1) is 0 Å². The van der Waals surface area contributed by atoms with E-state index in [-0.39, 0.29) is 23.4 Å². The molecule has 3 aromatic rings. The predicted molar refractivity (Wildman–Crippen MR) is 131 cm³/mol. The first kappa shape index (κ1) is 24.7. The van der Waals surface area contributed by atoms with E-state index < -0.39 is 15.9 Å². The lowest BCUT2D eigenvalue weighted by Gasteiger charge is -2.20. The molecule has 1 heterocycles. The van der Waals surface area contributed by atoms with Gasteiger partial charge in [-0.25, -0.2) is 13.1 Å². The van der Waals surface area contributed by atoms with Gasteiger partial charge in [0.15, 0.2) is 0 Å². The quantitative estimate of drug-likeness (QED) is 0.556. The number of nitrogens with zero attached hydrogens (tertiary/aromatic N) is 3. The highest BCUT2D eigenvalue weighted by molar-refractivity contribution is 7.89. The van der Waals surface area contributed by atoms with Gasteiger partial charge in [-0.2, -0.15) is 9.40 Å². The molecule has 0 saturated heterocycles. The number of nitrogens with one attached hydrogen (secondary N) is 1. The highest BCUT2D eigenvalue weighted by atomic mass is 32.2. The molecule has 7 nitrogen and oxygen atoms in total. The zero-order chi connectivity index (χ0) is 24.4. The fourth-order valence-electron chi connectivity index (χ4n) is 3.36. The Hall–Kier alpha value is -2.97. The number of sulfonamides is 1. The predicted octanol–water partition coefficient (Wildman–Crippen LogP) is 4.44. The summed E-state index contributed by atoms with van der Waals surface area (Å²) in [5.41, 5.74) is 3.45. The molecular weight excluding hydrogens is 436 g/mol. The Morgan fingerprint density at radius 3 is 2.27 bits per heavy atom. The van der Waals surface area contributed by atoms with E-state index >= 15 is 0 Å². The van der Waals surface area contributed by atoms with Crippen molar-refractivity contribution in [2.45, 2.75) is 51.9 Å². The van der Waals surface area contributed by atoms with Gasteiger partial charge in [-0.1, -0.05) is 57.5 Å². The van der Waals surface area contributed by atoms with Crippen LogP contribution in [0.5, 0.6) is 0 Å². The Morgan fingerprint density at radius 1 is 1.03 bits per heavy atom. The van der Waals surface area contributed by atoms with Gasteiger partial charge < -0.3 is 5.32 Å². The van der Waals surface area contributed by atoms with E-state index in [9.17, 15) is 13.2 Å². The third kappa shape index (κ3) is 5.69. The van der Waals surface area contributed by atoms with Crippen LogP contribution in [0.1, 0.15) is 44.5 Å². The number of carbonyl (C=O) groups excluding carboxylic acids is 1. The summed E-state index contributed by atoms with van der Waals surface area (Å²) in [5, 5.41) is 7.59. The maximum atomic E-state index is 13.1. The summed E-state index contributed by atoms with van der Waals surface area (Å²) >= 11 is 0. The molecule has 1 amide bonds. The van der Waals surface area contributed by atoms with Gasteiger partial charge in [0.05, 0.1) is 22.8 Å². The first-order chi connectivity index (χ1) is 15.4. The molecule has 0 aliphatic heterocycles. The maximum absolute atomic E-state index is 13.1. The summed E-state index contributed by atoms with van der Waals surface area (Å²) < 4.78 is 29.0. The highest BCUT2D eigenvalue weighted by Gasteiger charge is 2.27. The summed E-state index contributed by atoms with van der Waals surface area (Å²) in [6.07, 6.45) is 0. The van der Waals surface area contributed by atoms with Crippen molar-refractivity contribution in [3.05, 3.63) is 71.4 Å². The van der Waals surface area contributed by atoms with Gasteiger partial charge in [0.2, 0.25) is 15.9 Å². The molecule has 1 N–H and O–H groups in total. The van der Waals surface area contributed by atoms with Crippen LogP contribution in [0.4, 0.5) is 5.82 Å². The number of rotatable bonds is 7. The van der Waals surface area contributed by atoms with E-state index in [0.29, 0.717) is 5.82 Å². The van der Waals surface area contributed by atoms with Crippen LogP contribution < -0.4 is 5.32 Å². The van der Waals surface area contributed by atoms with Gasteiger partial charge in [-0.3, -0.25) is 4.79 Å². The molecule has 0 bridgehead atoms. The standard InChI is InChI=1S/C25H32N4O3S/c1-7-28(33(31,32)21-13-11-18(2)12-14-21)17-24(30)26-23-16-22(25(4,5)6)27-29(23)20-10-8-9-19(3)15-20/h8-16H,7,17H2,1-6H3,(H,26,30). The Balaban J connectivity index is 1.88. The average molecular weight is 469 g/mol. The van der Waals surface area contributed by atoms with Crippen molar-refractivity contribution < 1.29 is 13.2 Å². The summed E-state index contributed by atoms with van der Waals surface area (Å²) in [4.78, 5) is 13.1. The molecule has 1 aromatic heterocycles. The molecule has 0 atom stereocenters. The van der Waals surface area contributed by atoms with Crippen molar-refractivity contribution in [1.29, 1.82) is 0 Å². The molecule has 0 spiro atoms. The van der Waals surface area contributed by atoms with Crippen LogP contribution in [-0.2, 0) is 20.2 Å². The Morgan fingerprint density at radius 2 is 1.70 bits per heavy atom. The molecular formula is C25H32N4O3S. The number of carbonyl (C=O) groups is 1. The Kier molecular flexibility index (Phi) is 7.09. The topological polar surface area (TPSA) is 84.3 Å². The van der Waals surface area contributed by atoms with Crippen molar-refractivity contribution in [2.24, 2.45) is 0 Å². The number of likely N-dealkylation sites (N-methyl/N-ethyl adjacent to an activating group) is 1. The molecule has 176 valence electrons. The molecule has 0 radical (unpaired) electrons. The van der Waals surface area contributed by atoms with E-state index in [2.05, 4.69) is 26.1 Å². The second kappa shape index (κ2) is 9.49.